The molecular formula is C10H14N2OS. The van der Waals surface area contributed by atoms with Crippen molar-refractivity contribution < 1.29 is 4.79 Å². The van der Waals surface area contributed by atoms with E-state index < -0.39 is 0 Å². The lowest BCUT2D eigenvalue weighted by atomic mass is 10.3. The average Bonchev–Trinajstić information content (AvgIpc) is 2.48. The Morgan fingerprint density at radius 1 is 1.64 bits per heavy atom. The number of amides is 1. The Kier molecular flexibility index (Phi) is 3.85. The van der Waals surface area contributed by atoms with Crippen molar-refractivity contribution in [1.29, 1.82) is 0 Å². The first-order valence-electron chi connectivity index (χ1n) is 4.39. The summed E-state index contributed by atoms with van der Waals surface area (Å²) in [5.74, 6) is -0.135. The highest BCUT2D eigenvalue weighted by Crippen LogP contribution is 2.20. The number of thiophene rings is 1. The third kappa shape index (κ3) is 3.72. The van der Waals surface area contributed by atoms with Gasteiger partial charge in [-0.2, -0.15) is 0 Å². The number of carbonyl (C=O) groups is 1. The fourth-order valence-electron chi connectivity index (χ4n) is 0.904. The molecule has 0 fully saturated rings. The normalized spacial score (nSPS) is 13.1. The molecule has 1 aromatic heterocycles. The maximum absolute atomic E-state index is 11.3. The molecule has 1 rings (SSSR count). The van der Waals surface area contributed by atoms with Crippen molar-refractivity contribution >= 4 is 22.2 Å². The number of aryl methyl sites for hydroxylation is 1. The second kappa shape index (κ2) is 4.93. The summed E-state index contributed by atoms with van der Waals surface area (Å²) in [4.78, 5) is 12.5. The second-order valence-corrected chi connectivity index (χ2v) is 4.41. The monoisotopic (exact) mass is 210 g/mol. The minimum atomic E-state index is -0.135. The van der Waals surface area contributed by atoms with E-state index >= 15 is 0 Å². The van der Waals surface area contributed by atoms with Gasteiger partial charge in [0.1, 0.15) is 0 Å². The molecule has 1 aromatic rings. The average molecular weight is 210 g/mol. The van der Waals surface area contributed by atoms with Gasteiger partial charge in [-0.25, -0.2) is 0 Å². The van der Waals surface area contributed by atoms with Crippen LogP contribution in [-0.4, -0.2) is 11.9 Å². The molecule has 14 heavy (non-hydrogen) atoms. The molecule has 0 saturated heterocycles. The van der Waals surface area contributed by atoms with E-state index in [-0.39, 0.29) is 11.9 Å². The Balaban J connectivity index is 2.49. The minimum Gasteiger partial charge on any atom is -0.325 e. The summed E-state index contributed by atoms with van der Waals surface area (Å²) >= 11 is 1.55. The SMILES string of the molecule is Cc1ccc(NC(=O)C=CC(C)N)s1. The number of anilines is 1. The summed E-state index contributed by atoms with van der Waals surface area (Å²) in [6, 6.07) is 3.76. The molecule has 1 atom stereocenters. The first-order chi connectivity index (χ1) is 6.58. The highest BCUT2D eigenvalue weighted by atomic mass is 32.1. The van der Waals surface area contributed by atoms with Gasteiger partial charge in [-0.05, 0) is 26.0 Å². The Labute approximate surface area is 87.6 Å². The maximum Gasteiger partial charge on any atom is 0.248 e. The van der Waals surface area contributed by atoms with E-state index in [1.54, 1.807) is 17.4 Å². The Hall–Kier alpha value is -1.13. The van der Waals surface area contributed by atoms with Gasteiger partial charge in [0.25, 0.3) is 0 Å². The van der Waals surface area contributed by atoms with Crippen molar-refractivity contribution in [3.63, 3.8) is 0 Å². The van der Waals surface area contributed by atoms with Crippen LogP contribution >= 0.6 is 11.3 Å². The number of nitrogens with one attached hydrogen (secondary N) is 1. The van der Waals surface area contributed by atoms with Gasteiger partial charge in [-0.15, -0.1) is 11.3 Å². The van der Waals surface area contributed by atoms with Crippen LogP contribution in [0.2, 0.25) is 0 Å². The van der Waals surface area contributed by atoms with Crippen LogP contribution in [0.3, 0.4) is 0 Å². The van der Waals surface area contributed by atoms with Crippen LogP contribution in [0.15, 0.2) is 24.3 Å². The lowest BCUT2D eigenvalue weighted by Gasteiger charge is -1.97. The smallest absolute Gasteiger partial charge is 0.248 e. The highest BCUT2D eigenvalue weighted by molar-refractivity contribution is 7.16. The van der Waals surface area contributed by atoms with Gasteiger partial charge < -0.3 is 11.1 Å². The molecule has 76 valence electrons. The van der Waals surface area contributed by atoms with Crippen LogP contribution in [0, 0.1) is 6.92 Å². The van der Waals surface area contributed by atoms with Crippen molar-refractivity contribution in [3.8, 4) is 0 Å². The Morgan fingerprint density at radius 3 is 2.86 bits per heavy atom. The molecule has 1 amide bonds. The lowest BCUT2D eigenvalue weighted by molar-refractivity contribution is -0.111. The molecule has 0 aliphatic heterocycles. The predicted molar refractivity (Wildman–Crippen MR) is 60.5 cm³/mol. The zero-order valence-electron chi connectivity index (χ0n) is 8.28. The van der Waals surface area contributed by atoms with Crippen molar-refractivity contribution in [2.24, 2.45) is 5.73 Å². The van der Waals surface area contributed by atoms with Crippen molar-refractivity contribution in [2.75, 3.05) is 5.32 Å². The first-order valence-corrected chi connectivity index (χ1v) is 5.21. The Morgan fingerprint density at radius 2 is 2.36 bits per heavy atom. The minimum absolute atomic E-state index is 0.0918. The van der Waals surface area contributed by atoms with Gasteiger partial charge in [0.2, 0.25) is 5.91 Å². The summed E-state index contributed by atoms with van der Waals surface area (Å²) in [5, 5.41) is 3.62. The molecule has 1 heterocycles. The molecule has 1 unspecified atom stereocenters. The lowest BCUT2D eigenvalue weighted by Crippen LogP contribution is -2.13. The highest BCUT2D eigenvalue weighted by Gasteiger charge is 1.99. The summed E-state index contributed by atoms with van der Waals surface area (Å²) in [7, 11) is 0. The molecule has 3 nitrogen and oxygen atoms in total. The molecule has 0 aromatic carbocycles. The van der Waals surface area contributed by atoms with E-state index in [1.807, 2.05) is 26.0 Å². The largest absolute Gasteiger partial charge is 0.325 e. The third-order valence-corrected chi connectivity index (χ3v) is 2.45. The number of carbonyl (C=O) groups excluding carboxylic acids is 1. The number of hydrogen-bond acceptors (Lipinski definition) is 3. The Bertz CT molecular complexity index is 342. The summed E-state index contributed by atoms with van der Waals surface area (Å²) in [6.07, 6.45) is 3.12. The van der Waals surface area contributed by atoms with E-state index in [1.165, 1.54) is 11.0 Å². The zero-order chi connectivity index (χ0) is 10.6. The molecule has 0 spiro atoms. The molecule has 0 bridgehead atoms. The molecule has 0 aliphatic carbocycles. The number of hydrogen-bond donors (Lipinski definition) is 2. The van der Waals surface area contributed by atoms with Crippen molar-refractivity contribution in [1.82, 2.24) is 0 Å². The second-order valence-electron chi connectivity index (χ2n) is 3.12. The van der Waals surface area contributed by atoms with Gasteiger partial charge in [0.05, 0.1) is 5.00 Å². The van der Waals surface area contributed by atoms with E-state index in [4.69, 9.17) is 5.73 Å². The van der Waals surface area contributed by atoms with Crippen LogP contribution in [0.5, 0.6) is 0 Å². The summed E-state index contributed by atoms with van der Waals surface area (Å²) < 4.78 is 0. The molecule has 0 radical (unpaired) electrons. The summed E-state index contributed by atoms with van der Waals surface area (Å²) in [6.45, 7) is 3.82. The van der Waals surface area contributed by atoms with Gasteiger partial charge >= 0.3 is 0 Å². The van der Waals surface area contributed by atoms with Gasteiger partial charge in [-0.1, -0.05) is 6.08 Å². The first kappa shape index (κ1) is 10.9. The van der Waals surface area contributed by atoms with Crippen LogP contribution in [0.1, 0.15) is 11.8 Å². The quantitative estimate of drug-likeness (QED) is 0.749. The third-order valence-electron chi connectivity index (χ3n) is 1.54. The predicted octanol–water partition coefficient (Wildman–Crippen LogP) is 1.90. The van der Waals surface area contributed by atoms with Gasteiger partial charge in [0, 0.05) is 17.0 Å². The fraction of sp³-hybridized carbons (Fsp3) is 0.300. The van der Waals surface area contributed by atoms with Crippen LogP contribution < -0.4 is 11.1 Å². The standard InChI is InChI=1S/C10H14N2OS/c1-7(11)3-5-9(13)12-10-6-4-8(2)14-10/h3-7H,11H2,1-2H3,(H,12,13). The van der Waals surface area contributed by atoms with Crippen LogP contribution in [0.25, 0.3) is 0 Å². The molecule has 0 saturated carbocycles. The van der Waals surface area contributed by atoms with Crippen LogP contribution in [0.4, 0.5) is 5.00 Å². The van der Waals surface area contributed by atoms with E-state index in [0.717, 1.165) is 5.00 Å². The molecule has 0 aliphatic rings. The molecule has 4 heteroatoms. The molecule has 3 N–H and O–H groups in total. The molecular weight excluding hydrogens is 196 g/mol. The number of nitrogens with two attached hydrogens (primary N) is 1. The van der Waals surface area contributed by atoms with E-state index in [2.05, 4.69) is 5.32 Å². The zero-order valence-corrected chi connectivity index (χ0v) is 9.10. The van der Waals surface area contributed by atoms with E-state index in [9.17, 15) is 4.79 Å². The van der Waals surface area contributed by atoms with Crippen molar-refractivity contribution in [3.05, 3.63) is 29.2 Å². The number of rotatable bonds is 3. The van der Waals surface area contributed by atoms with Gasteiger partial charge in [-0.3, -0.25) is 4.79 Å². The summed E-state index contributed by atoms with van der Waals surface area (Å²) in [5.41, 5.74) is 5.47. The fourth-order valence-corrected chi connectivity index (χ4v) is 1.67. The van der Waals surface area contributed by atoms with E-state index in [0.29, 0.717) is 0 Å². The topological polar surface area (TPSA) is 55.1 Å². The van der Waals surface area contributed by atoms with Gasteiger partial charge in [0.15, 0.2) is 0 Å². The maximum atomic E-state index is 11.3. The van der Waals surface area contributed by atoms with Crippen LogP contribution in [-0.2, 0) is 4.79 Å². The van der Waals surface area contributed by atoms with Crippen molar-refractivity contribution in [2.45, 2.75) is 19.9 Å².